The second-order valence-corrected chi connectivity index (χ2v) is 4.39. The van der Waals surface area contributed by atoms with Gasteiger partial charge in [-0.3, -0.25) is 4.79 Å². The molecule has 1 atom stereocenters. The molecule has 2 nitrogen and oxygen atoms in total. The standard InChI is InChI=1S/C9H16ClNO/c1-5-8(12)11-6-7(2)9(3,4)10/h5,7H,1,6H2,2-4H3,(H,11,12). The molecule has 0 saturated heterocycles. The highest BCUT2D eigenvalue weighted by atomic mass is 35.5. The molecule has 0 aromatic rings. The average Bonchev–Trinajstić information content (AvgIpc) is 1.97. The van der Waals surface area contributed by atoms with Gasteiger partial charge in [-0.05, 0) is 25.8 Å². The quantitative estimate of drug-likeness (QED) is 0.532. The number of carbonyl (C=O) groups excluding carboxylic acids is 1. The molecule has 1 N–H and O–H groups in total. The van der Waals surface area contributed by atoms with Crippen molar-refractivity contribution in [2.75, 3.05) is 6.54 Å². The maximum absolute atomic E-state index is 10.8. The Morgan fingerprint density at radius 1 is 1.75 bits per heavy atom. The molecule has 70 valence electrons. The molecule has 0 heterocycles. The normalized spacial score (nSPS) is 13.7. The number of hydrogen-bond donors (Lipinski definition) is 1. The molecule has 0 bridgehead atoms. The minimum atomic E-state index is -0.283. The molecule has 0 aliphatic carbocycles. The van der Waals surface area contributed by atoms with Crippen molar-refractivity contribution in [1.29, 1.82) is 0 Å². The van der Waals surface area contributed by atoms with E-state index in [9.17, 15) is 4.79 Å². The third-order valence-corrected chi connectivity index (χ3v) is 2.31. The van der Waals surface area contributed by atoms with Gasteiger partial charge in [0.2, 0.25) is 5.91 Å². The molecule has 0 spiro atoms. The SMILES string of the molecule is C=CC(=O)NCC(C)C(C)(C)Cl. The fourth-order valence-electron chi connectivity index (χ4n) is 0.569. The summed E-state index contributed by atoms with van der Waals surface area (Å²) < 4.78 is 0. The first kappa shape index (κ1) is 11.5. The van der Waals surface area contributed by atoms with Crippen LogP contribution < -0.4 is 5.32 Å². The van der Waals surface area contributed by atoms with Gasteiger partial charge in [-0.25, -0.2) is 0 Å². The zero-order valence-corrected chi connectivity index (χ0v) is 8.61. The van der Waals surface area contributed by atoms with Crippen LogP contribution in [-0.4, -0.2) is 17.3 Å². The van der Waals surface area contributed by atoms with Gasteiger partial charge in [0.25, 0.3) is 0 Å². The highest BCUT2D eigenvalue weighted by Crippen LogP contribution is 2.22. The Morgan fingerprint density at radius 3 is 2.58 bits per heavy atom. The average molecular weight is 190 g/mol. The van der Waals surface area contributed by atoms with Gasteiger partial charge in [0.1, 0.15) is 0 Å². The smallest absolute Gasteiger partial charge is 0.243 e. The Morgan fingerprint density at radius 2 is 2.25 bits per heavy atom. The van der Waals surface area contributed by atoms with Crippen LogP contribution in [0.25, 0.3) is 0 Å². The monoisotopic (exact) mass is 189 g/mol. The zero-order valence-electron chi connectivity index (χ0n) is 7.86. The van der Waals surface area contributed by atoms with Crippen LogP contribution in [0.3, 0.4) is 0 Å². The number of amides is 1. The van der Waals surface area contributed by atoms with Gasteiger partial charge in [0.05, 0.1) is 0 Å². The van der Waals surface area contributed by atoms with E-state index in [-0.39, 0.29) is 16.7 Å². The van der Waals surface area contributed by atoms with Gasteiger partial charge in [-0.2, -0.15) is 0 Å². The summed E-state index contributed by atoms with van der Waals surface area (Å²) in [6.45, 7) is 9.80. The summed E-state index contributed by atoms with van der Waals surface area (Å²) in [5.74, 6) is 0.0887. The van der Waals surface area contributed by atoms with Crippen molar-refractivity contribution in [3.8, 4) is 0 Å². The Kier molecular flexibility index (Phi) is 4.32. The summed E-state index contributed by atoms with van der Waals surface area (Å²) in [4.78, 5) is 10.5. The molecule has 3 heteroatoms. The summed E-state index contributed by atoms with van der Waals surface area (Å²) in [5, 5.41) is 2.70. The van der Waals surface area contributed by atoms with Gasteiger partial charge in [0.15, 0.2) is 0 Å². The Balaban J connectivity index is 3.79. The lowest BCUT2D eigenvalue weighted by atomic mass is 9.97. The van der Waals surface area contributed by atoms with Crippen LogP contribution in [0.15, 0.2) is 12.7 Å². The molecule has 0 fully saturated rings. The molecular formula is C9H16ClNO. The molecule has 1 unspecified atom stereocenters. The maximum atomic E-state index is 10.8. The van der Waals surface area contributed by atoms with Gasteiger partial charge < -0.3 is 5.32 Å². The lowest BCUT2D eigenvalue weighted by molar-refractivity contribution is -0.116. The molecule has 12 heavy (non-hydrogen) atoms. The highest BCUT2D eigenvalue weighted by Gasteiger charge is 2.22. The van der Waals surface area contributed by atoms with Crippen LogP contribution in [0.4, 0.5) is 0 Å². The summed E-state index contributed by atoms with van der Waals surface area (Å²) in [6, 6.07) is 0. The fraction of sp³-hybridized carbons (Fsp3) is 0.667. The van der Waals surface area contributed by atoms with Crippen molar-refractivity contribution in [3.63, 3.8) is 0 Å². The van der Waals surface area contributed by atoms with E-state index in [1.165, 1.54) is 6.08 Å². The second kappa shape index (κ2) is 4.51. The summed E-state index contributed by atoms with van der Waals surface area (Å²) >= 11 is 6.03. The maximum Gasteiger partial charge on any atom is 0.243 e. The van der Waals surface area contributed by atoms with Crippen molar-refractivity contribution in [2.45, 2.75) is 25.6 Å². The van der Waals surface area contributed by atoms with Crippen LogP contribution in [0, 0.1) is 5.92 Å². The van der Waals surface area contributed by atoms with Crippen LogP contribution in [0.1, 0.15) is 20.8 Å². The molecule has 0 aromatic carbocycles. The van der Waals surface area contributed by atoms with Crippen LogP contribution in [0.2, 0.25) is 0 Å². The lowest BCUT2D eigenvalue weighted by Crippen LogP contribution is -2.34. The summed E-state index contributed by atoms with van der Waals surface area (Å²) in [5.41, 5.74) is 0. The molecule has 0 saturated carbocycles. The molecule has 0 rings (SSSR count). The van der Waals surface area contributed by atoms with E-state index in [1.807, 2.05) is 20.8 Å². The second-order valence-electron chi connectivity index (χ2n) is 3.41. The predicted molar refractivity (Wildman–Crippen MR) is 52.3 cm³/mol. The molecule has 0 radical (unpaired) electrons. The molecule has 0 aliphatic rings. The Bertz CT molecular complexity index is 172. The van der Waals surface area contributed by atoms with Gasteiger partial charge in [-0.1, -0.05) is 13.5 Å². The molecular weight excluding hydrogens is 174 g/mol. The third kappa shape index (κ3) is 4.39. The van der Waals surface area contributed by atoms with E-state index >= 15 is 0 Å². The number of halogens is 1. The minimum Gasteiger partial charge on any atom is -0.352 e. The van der Waals surface area contributed by atoms with E-state index in [4.69, 9.17) is 11.6 Å². The largest absolute Gasteiger partial charge is 0.352 e. The van der Waals surface area contributed by atoms with Gasteiger partial charge in [-0.15, -0.1) is 11.6 Å². The first-order valence-corrected chi connectivity index (χ1v) is 4.35. The first-order chi connectivity index (χ1) is 5.38. The molecule has 1 amide bonds. The van der Waals surface area contributed by atoms with Crippen molar-refractivity contribution >= 4 is 17.5 Å². The number of carbonyl (C=O) groups is 1. The highest BCUT2D eigenvalue weighted by molar-refractivity contribution is 6.23. The number of nitrogens with one attached hydrogen (secondary N) is 1. The summed E-state index contributed by atoms with van der Waals surface area (Å²) in [7, 11) is 0. The van der Waals surface area contributed by atoms with Gasteiger partial charge in [0, 0.05) is 11.4 Å². The van der Waals surface area contributed by atoms with E-state index in [1.54, 1.807) is 0 Å². The van der Waals surface area contributed by atoms with Gasteiger partial charge >= 0.3 is 0 Å². The van der Waals surface area contributed by atoms with E-state index < -0.39 is 0 Å². The Labute approximate surface area is 79.0 Å². The summed E-state index contributed by atoms with van der Waals surface area (Å²) in [6.07, 6.45) is 1.26. The van der Waals surface area contributed by atoms with Crippen molar-refractivity contribution in [1.82, 2.24) is 5.32 Å². The van der Waals surface area contributed by atoms with Crippen LogP contribution in [0.5, 0.6) is 0 Å². The van der Waals surface area contributed by atoms with E-state index in [2.05, 4.69) is 11.9 Å². The lowest BCUT2D eigenvalue weighted by Gasteiger charge is -2.24. The number of rotatable bonds is 4. The zero-order chi connectivity index (χ0) is 9.78. The van der Waals surface area contributed by atoms with Crippen molar-refractivity contribution < 1.29 is 4.79 Å². The molecule has 0 aliphatic heterocycles. The number of hydrogen-bond acceptors (Lipinski definition) is 1. The Hall–Kier alpha value is -0.500. The number of alkyl halides is 1. The third-order valence-electron chi connectivity index (χ3n) is 1.94. The first-order valence-electron chi connectivity index (χ1n) is 3.97. The van der Waals surface area contributed by atoms with Crippen LogP contribution in [-0.2, 0) is 4.79 Å². The van der Waals surface area contributed by atoms with Crippen molar-refractivity contribution in [3.05, 3.63) is 12.7 Å². The van der Waals surface area contributed by atoms with E-state index in [0.29, 0.717) is 6.54 Å². The predicted octanol–water partition coefficient (Wildman–Crippen LogP) is 1.94. The molecule has 0 aromatic heterocycles. The van der Waals surface area contributed by atoms with E-state index in [0.717, 1.165) is 0 Å². The van der Waals surface area contributed by atoms with Crippen LogP contribution >= 0.6 is 11.6 Å². The van der Waals surface area contributed by atoms with Crippen molar-refractivity contribution in [2.24, 2.45) is 5.92 Å². The topological polar surface area (TPSA) is 29.1 Å². The fourth-order valence-corrected chi connectivity index (χ4v) is 0.646. The minimum absolute atomic E-state index is 0.150.